The number of aryl methyl sites for hydroxylation is 2. The van der Waals surface area contributed by atoms with Crippen molar-refractivity contribution in [2.75, 3.05) is 0 Å². The van der Waals surface area contributed by atoms with E-state index in [9.17, 15) is 19.8 Å². The minimum Gasteiger partial charge on any atom is -0.506 e. The summed E-state index contributed by atoms with van der Waals surface area (Å²) in [4.78, 5) is 26.5. The number of hydrogen-bond donors (Lipinski definition) is 4. The highest BCUT2D eigenvalue weighted by Crippen LogP contribution is 2.39. The maximum atomic E-state index is 12.3. The lowest BCUT2D eigenvalue weighted by Gasteiger charge is -2.13. The smallest absolute Gasteiger partial charge is 0.345 e. The van der Waals surface area contributed by atoms with Crippen LogP contribution in [0.25, 0.3) is 22.2 Å². The molecule has 4 N–H and O–H groups in total. The molecule has 7 heteroatoms. The van der Waals surface area contributed by atoms with Crippen molar-refractivity contribution >= 4 is 16.9 Å². The Morgan fingerprint density at radius 1 is 1.28 bits per heavy atom. The second-order valence-electron chi connectivity index (χ2n) is 7.94. The fourth-order valence-corrected chi connectivity index (χ4v) is 4.25. The van der Waals surface area contributed by atoms with Crippen molar-refractivity contribution < 1.29 is 15.0 Å². The SMILES string of the molecule is CC(C)NCc1cc2c3c(ccc2n1C)-c1[nH]c(=O)c(C(=O)O)c(O)c1CCC3. The average Bonchev–Trinajstić information content (AvgIpc) is 2.85. The third-order valence-electron chi connectivity index (χ3n) is 5.76. The average molecular weight is 395 g/mol. The second-order valence-corrected chi connectivity index (χ2v) is 7.94. The van der Waals surface area contributed by atoms with Crippen molar-refractivity contribution in [2.24, 2.45) is 7.05 Å². The van der Waals surface area contributed by atoms with Crippen molar-refractivity contribution in [3.63, 3.8) is 0 Å². The Kier molecular flexibility index (Phi) is 4.70. The summed E-state index contributed by atoms with van der Waals surface area (Å²) in [5.74, 6) is -1.84. The number of carbonyl (C=O) groups is 1. The Morgan fingerprint density at radius 2 is 2.00 bits per heavy atom. The summed E-state index contributed by atoms with van der Waals surface area (Å²) >= 11 is 0. The number of benzene rings is 1. The normalized spacial score (nSPS) is 13.4. The van der Waals surface area contributed by atoms with E-state index >= 15 is 0 Å². The predicted octanol–water partition coefficient (Wildman–Crippen LogP) is 2.92. The standard InChI is InChI=1S/C22H25N3O4/c1-11(2)23-10-12-9-16-13-5-4-6-15-19(14(13)7-8-17(16)25(12)3)24-21(27)18(20(15)26)22(28)29/h7-9,11,23H,4-6,10H2,1-3H3,(H,28,29)(H2,24,26,27). The molecule has 0 amide bonds. The highest BCUT2D eigenvalue weighted by Gasteiger charge is 2.26. The zero-order valence-corrected chi connectivity index (χ0v) is 16.8. The summed E-state index contributed by atoms with van der Waals surface area (Å²) in [5, 5.41) is 24.4. The highest BCUT2D eigenvalue weighted by atomic mass is 16.4. The van der Waals surface area contributed by atoms with Gasteiger partial charge in [-0.25, -0.2) is 4.79 Å². The summed E-state index contributed by atoms with van der Waals surface area (Å²) in [6, 6.07) is 6.53. The quantitative estimate of drug-likeness (QED) is 0.543. The number of aromatic hydroxyl groups is 1. The van der Waals surface area contributed by atoms with Gasteiger partial charge < -0.3 is 25.1 Å². The molecule has 1 aliphatic carbocycles. The van der Waals surface area contributed by atoms with Crippen LogP contribution in [0.3, 0.4) is 0 Å². The number of hydrogen-bond acceptors (Lipinski definition) is 4. The van der Waals surface area contributed by atoms with Gasteiger partial charge in [0.05, 0.1) is 5.69 Å². The second kappa shape index (κ2) is 7.08. The third kappa shape index (κ3) is 3.11. The lowest BCUT2D eigenvalue weighted by Crippen LogP contribution is -2.22. The fourth-order valence-electron chi connectivity index (χ4n) is 4.25. The van der Waals surface area contributed by atoms with Crippen LogP contribution in [0.1, 0.15) is 47.4 Å². The first kappa shape index (κ1) is 19.3. The molecule has 4 rings (SSSR count). The topological polar surface area (TPSA) is 107 Å². The zero-order valence-electron chi connectivity index (χ0n) is 16.8. The van der Waals surface area contributed by atoms with Crippen LogP contribution in [-0.2, 0) is 26.4 Å². The molecular weight excluding hydrogens is 370 g/mol. The molecule has 0 fully saturated rings. The lowest BCUT2D eigenvalue weighted by molar-refractivity contribution is 0.0691. The summed E-state index contributed by atoms with van der Waals surface area (Å²) in [6.07, 6.45) is 2.04. The Bertz CT molecular complexity index is 1190. The maximum absolute atomic E-state index is 12.3. The Hall–Kier alpha value is -3.06. The molecule has 0 spiro atoms. The minimum atomic E-state index is -1.42. The third-order valence-corrected chi connectivity index (χ3v) is 5.76. The number of nitrogens with zero attached hydrogens (tertiary/aromatic N) is 1. The van der Waals surface area contributed by atoms with Gasteiger partial charge in [-0.1, -0.05) is 19.9 Å². The van der Waals surface area contributed by atoms with Crippen LogP contribution >= 0.6 is 0 Å². The van der Waals surface area contributed by atoms with Crippen LogP contribution < -0.4 is 10.9 Å². The number of pyridine rings is 1. The van der Waals surface area contributed by atoms with E-state index in [2.05, 4.69) is 34.8 Å². The number of carboxylic acid groups (broad SMARTS) is 1. The summed E-state index contributed by atoms with van der Waals surface area (Å²) < 4.78 is 2.17. The van der Waals surface area contributed by atoms with Crippen LogP contribution in [-0.4, -0.2) is 31.8 Å². The van der Waals surface area contributed by atoms with Crippen LogP contribution in [0.2, 0.25) is 0 Å². The number of carboxylic acids is 1. The molecule has 2 heterocycles. The first-order valence-corrected chi connectivity index (χ1v) is 9.85. The van der Waals surface area contributed by atoms with E-state index in [0.717, 1.165) is 41.4 Å². The molecule has 152 valence electrons. The van der Waals surface area contributed by atoms with Gasteiger partial charge in [0.25, 0.3) is 5.56 Å². The molecule has 0 aliphatic heterocycles. The molecule has 7 nitrogen and oxygen atoms in total. The van der Waals surface area contributed by atoms with E-state index in [4.69, 9.17) is 0 Å². The first-order valence-electron chi connectivity index (χ1n) is 9.85. The Balaban J connectivity index is 1.93. The number of aromatic amines is 1. The van der Waals surface area contributed by atoms with Crippen molar-refractivity contribution in [3.8, 4) is 17.0 Å². The molecule has 2 aromatic heterocycles. The highest BCUT2D eigenvalue weighted by molar-refractivity contribution is 5.94. The van der Waals surface area contributed by atoms with Gasteiger partial charge in [0.1, 0.15) is 5.75 Å². The van der Waals surface area contributed by atoms with E-state index in [1.165, 1.54) is 5.69 Å². The molecular formula is C22H25N3O4. The minimum absolute atomic E-state index is 0.383. The molecule has 0 atom stereocenters. The molecule has 0 saturated carbocycles. The van der Waals surface area contributed by atoms with Crippen molar-refractivity contribution in [1.82, 2.24) is 14.9 Å². The molecule has 3 aromatic rings. The van der Waals surface area contributed by atoms with E-state index in [1.54, 1.807) is 0 Å². The molecule has 0 saturated heterocycles. The Labute approximate surface area is 168 Å². The first-order chi connectivity index (χ1) is 13.8. The van der Waals surface area contributed by atoms with Gasteiger partial charge in [-0.2, -0.15) is 0 Å². The van der Waals surface area contributed by atoms with Gasteiger partial charge in [0, 0.05) is 47.4 Å². The van der Waals surface area contributed by atoms with E-state index < -0.39 is 22.8 Å². The zero-order chi connectivity index (χ0) is 20.9. The molecule has 29 heavy (non-hydrogen) atoms. The van der Waals surface area contributed by atoms with Crippen LogP contribution in [0.5, 0.6) is 5.75 Å². The van der Waals surface area contributed by atoms with E-state index in [0.29, 0.717) is 23.7 Å². The number of aromatic carboxylic acids is 1. The van der Waals surface area contributed by atoms with Crippen LogP contribution in [0.15, 0.2) is 23.0 Å². The summed E-state index contributed by atoms with van der Waals surface area (Å²) in [7, 11) is 2.05. The lowest BCUT2D eigenvalue weighted by atomic mass is 9.97. The van der Waals surface area contributed by atoms with Crippen molar-refractivity contribution in [1.29, 1.82) is 0 Å². The molecule has 0 bridgehead atoms. The molecule has 0 radical (unpaired) electrons. The van der Waals surface area contributed by atoms with Gasteiger partial charge in [-0.3, -0.25) is 4.79 Å². The van der Waals surface area contributed by atoms with Gasteiger partial charge >= 0.3 is 5.97 Å². The molecule has 1 aromatic carbocycles. The predicted molar refractivity (Wildman–Crippen MR) is 112 cm³/mol. The number of H-pyrrole nitrogens is 1. The number of fused-ring (bicyclic) bond motifs is 5. The van der Waals surface area contributed by atoms with Gasteiger partial charge in [0.15, 0.2) is 5.56 Å². The molecule has 1 aliphatic rings. The van der Waals surface area contributed by atoms with Crippen molar-refractivity contribution in [3.05, 3.63) is 50.9 Å². The Morgan fingerprint density at radius 3 is 2.69 bits per heavy atom. The van der Waals surface area contributed by atoms with Gasteiger partial charge in [0.2, 0.25) is 0 Å². The fraction of sp³-hybridized carbons (Fsp3) is 0.364. The number of aromatic nitrogens is 2. The van der Waals surface area contributed by atoms with E-state index in [1.807, 2.05) is 19.2 Å². The maximum Gasteiger partial charge on any atom is 0.345 e. The van der Waals surface area contributed by atoms with Crippen LogP contribution in [0, 0.1) is 0 Å². The van der Waals surface area contributed by atoms with Crippen LogP contribution in [0.4, 0.5) is 0 Å². The largest absolute Gasteiger partial charge is 0.506 e. The monoisotopic (exact) mass is 395 g/mol. The summed E-state index contributed by atoms with van der Waals surface area (Å²) in [6.45, 7) is 4.98. The molecule has 0 unspecified atom stereocenters. The summed E-state index contributed by atoms with van der Waals surface area (Å²) in [5.41, 5.74) is 3.90. The van der Waals surface area contributed by atoms with E-state index in [-0.39, 0.29) is 0 Å². The number of nitrogens with one attached hydrogen (secondary N) is 2. The van der Waals surface area contributed by atoms with Gasteiger partial charge in [-0.05, 0) is 37.0 Å². The van der Waals surface area contributed by atoms with Gasteiger partial charge in [-0.15, -0.1) is 0 Å². The van der Waals surface area contributed by atoms with Crippen molar-refractivity contribution in [2.45, 2.75) is 45.7 Å². The number of rotatable bonds is 4.